The van der Waals surface area contributed by atoms with Crippen molar-refractivity contribution in [2.45, 2.75) is 13.0 Å². The molecule has 0 aliphatic rings. The molecular formula is C13H15F2N3S. The average Bonchev–Trinajstić information content (AvgIpc) is 2.39. The van der Waals surface area contributed by atoms with Gasteiger partial charge < -0.3 is 4.90 Å². The highest BCUT2D eigenvalue weighted by Gasteiger charge is 2.13. The van der Waals surface area contributed by atoms with E-state index in [-0.39, 0.29) is 6.04 Å². The fourth-order valence-electron chi connectivity index (χ4n) is 1.75. The second-order valence-electron chi connectivity index (χ2n) is 4.40. The van der Waals surface area contributed by atoms with Gasteiger partial charge in [-0.3, -0.25) is 4.98 Å². The van der Waals surface area contributed by atoms with Gasteiger partial charge in [-0.25, -0.2) is 13.8 Å². The minimum atomic E-state index is -0.904. The summed E-state index contributed by atoms with van der Waals surface area (Å²) in [5.41, 5.74) is 0.716. The highest BCUT2D eigenvalue weighted by atomic mass is 32.2. The van der Waals surface area contributed by atoms with Crippen LogP contribution in [0.1, 0.15) is 6.92 Å². The lowest BCUT2D eigenvalue weighted by Crippen LogP contribution is -2.31. The summed E-state index contributed by atoms with van der Waals surface area (Å²) < 4.78 is 26.3. The second-order valence-corrected chi connectivity index (χ2v) is 5.31. The van der Waals surface area contributed by atoms with Gasteiger partial charge in [-0.15, -0.1) is 0 Å². The summed E-state index contributed by atoms with van der Waals surface area (Å²) in [4.78, 5) is 10.4. The molecule has 19 heavy (non-hydrogen) atoms. The first-order valence-electron chi connectivity index (χ1n) is 5.86. The number of benzene rings is 1. The number of halogens is 2. The SMILES string of the molecule is CSCC(C)N(C)c1cnc2cc(F)c(F)cc2n1. The lowest BCUT2D eigenvalue weighted by molar-refractivity contribution is 0.510. The zero-order chi connectivity index (χ0) is 14.0. The lowest BCUT2D eigenvalue weighted by Gasteiger charge is -2.25. The summed E-state index contributed by atoms with van der Waals surface area (Å²) in [6.45, 7) is 2.08. The van der Waals surface area contributed by atoms with E-state index in [0.29, 0.717) is 16.9 Å². The summed E-state index contributed by atoms with van der Waals surface area (Å²) in [7, 11) is 1.91. The Hall–Kier alpha value is -1.43. The van der Waals surface area contributed by atoms with Gasteiger partial charge in [0, 0.05) is 31.0 Å². The second kappa shape index (κ2) is 5.69. The number of nitrogens with zero attached hydrogens (tertiary/aromatic N) is 3. The number of rotatable bonds is 4. The molecule has 0 bridgehead atoms. The molecule has 0 N–H and O–H groups in total. The Morgan fingerprint density at radius 2 is 1.89 bits per heavy atom. The molecule has 102 valence electrons. The highest BCUT2D eigenvalue weighted by molar-refractivity contribution is 7.98. The van der Waals surface area contributed by atoms with E-state index in [4.69, 9.17) is 0 Å². The van der Waals surface area contributed by atoms with Gasteiger partial charge in [0.15, 0.2) is 11.6 Å². The molecule has 0 radical (unpaired) electrons. The highest BCUT2D eigenvalue weighted by Crippen LogP contribution is 2.19. The third-order valence-corrected chi connectivity index (χ3v) is 3.82. The maximum Gasteiger partial charge on any atom is 0.161 e. The molecule has 0 fully saturated rings. The third-order valence-electron chi connectivity index (χ3n) is 3.00. The fourth-order valence-corrected chi connectivity index (χ4v) is 2.45. The quantitative estimate of drug-likeness (QED) is 0.862. The molecule has 0 aliphatic carbocycles. The van der Waals surface area contributed by atoms with Crippen molar-refractivity contribution in [2.75, 3.05) is 24.0 Å². The van der Waals surface area contributed by atoms with E-state index in [9.17, 15) is 8.78 Å². The van der Waals surface area contributed by atoms with Crippen LogP contribution in [0.2, 0.25) is 0 Å². The van der Waals surface area contributed by atoms with Crippen molar-refractivity contribution < 1.29 is 8.78 Å². The summed E-state index contributed by atoms with van der Waals surface area (Å²) in [5, 5.41) is 0. The molecule has 2 aromatic rings. The molecule has 1 heterocycles. The number of hydrogen-bond donors (Lipinski definition) is 0. The summed E-state index contributed by atoms with van der Waals surface area (Å²) in [5.74, 6) is -0.203. The van der Waals surface area contributed by atoms with Crippen LogP contribution in [-0.4, -0.2) is 35.1 Å². The summed E-state index contributed by atoms with van der Waals surface area (Å²) in [6.07, 6.45) is 3.62. The van der Waals surface area contributed by atoms with E-state index in [2.05, 4.69) is 16.9 Å². The minimum Gasteiger partial charge on any atom is -0.355 e. The van der Waals surface area contributed by atoms with Crippen LogP contribution in [0, 0.1) is 11.6 Å². The van der Waals surface area contributed by atoms with Crippen LogP contribution in [-0.2, 0) is 0 Å². The van der Waals surface area contributed by atoms with Crippen molar-refractivity contribution in [2.24, 2.45) is 0 Å². The van der Waals surface area contributed by atoms with Crippen LogP contribution < -0.4 is 4.90 Å². The zero-order valence-electron chi connectivity index (χ0n) is 11.0. The number of hydrogen-bond acceptors (Lipinski definition) is 4. The van der Waals surface area contributed by atoms with Gasteiger partial charge in [0.05, 0.1) is 17.2 Å². The van der Waals surface area contributed by atoms with Crippen LogP contribution >= 0.6 is 11.8 Å². The molecule has 6 heteroatoms. The Morgan fingerprint density at radius 1 is 1.26 bits per heavy atom. The molecule has 0 aliphatic heterocycles. The van der Waals surface area contributed by atoms with Crippen LogP contribution in [0.25, 0.3) is 11.0 Å². The molecule has 0 saturated heterocycles. The van der Waals surface area contributed by atoms with E-state index in [1.54, 1.807) is 18.0 Å². The topological polar surface area (TPSA) is 29.0 Å². The van der Waals surface area contributed by atoms with E-state index in [1.807, 2.05) is 18.2 Å². The van der Waals surface area contributed by atoms with Gasteiger partial charge in [0.25, 0.3) is 0 Å². The van der Waals surface area contributed by atoms with Crippen molar-refractivity contribution in [1.82, 2.24) is 9.97 Å². The predicted molar refractivity (Wildman–Crippen MR) is 75.7 cm³/mol. The van der Waals surface area contributed by atoms with Crippen LogP contribution in [0.3, 0.4) is 0 Å². The summed E-state index contributed by atoms with van der Waals surface area (Å²) >= 11 is 1.74. The molecule has 0 saturated carbocycles. The van der Waals surface area contributed by atoms with E-state index < -0.39 is 11.6 Å². The Labute approximate surface area is 115 Å². The Bertz CT molecular complexity index is 591. The van der Waals surface area contributed by atoms with Gasteiger partial charge in [0.1, 0.15) is 5.82 Å². The Kier molecular flexibility index (Phi) is 4.19. The van der Waals surface area contributed by atoms with Crippen LogP contribution in [0.4, 0.5) is 14.6 Å². The monoisotopic (exact) mass is 283 g/mol. The third kappa shape index (κ3) is 2.94. The van der Waals surface area contributed by atoms with Crippen molar-refractivity contribution in [3.63, 3.8) is 0 Å². The van der Waals surface area contributed by atoms with Gasteiger partial charge in [-0.2, -0.15) is 11.8 Å². The van der Waals surface area contributed by atoms with Gasteiger partial charge in [-0.1, -0.05) is 0 Å². The molecule has 1 atom stereocenters. The molecule has 3 nitrogen and oxygen atoms in total. The van der Waals surface area contributed by atoms with Gasteiger partial charge >= 0.3 is 0 Å². The largest absolute Gasteiger partial charge is 0.355 e. The Morgan fingerprint density at radius 3 is 2.53 bits per heavy atom. The number of aromatic nitrogens is 2. The van der Waals surface area contributed by atoms with Crippen molar-refractivity contribution >= 4 is 28.6 Å². The molecule has 2 rings (SSSR count). The molecule has 1 unspecified atom stereocenters. The number of anilines is 1. The van der Waals surface area contributed by atoms with Crippen molar-refractivity contribution in [3.8, 4) is 0 Å². The van der Waals surface area contributed by atoms with E-state index in [1.165, 1.54) is 0 Å². The zero-order valence-corrected chi connectivity index (χ0v) is 11.8. The average molecular weight is 283 g/mol. The van der Waals surface area contributed by atoms with Gasteiger partial charge in [-0.05, 0) is 13.2 Å². The Balaban J connectivity index is 2.38. The van der Waals surface area contributed by atoms with E-state index >= 15 is 0 Å². The first kappa shape index (κ1) is 14.0. The van der Waals surface area contributed by atoms with Gasteiger partial charge in [0.2, 0.25) is 0 Å². The van der Waals surface area contributed by atoms with Crippen molar-refractivity contribution in [1.29, 1.82) is 0 Å². The predicted octanol–water partition coefficient (Wildman–Crippen LogP) is 3.10. The molecule has 0 spiro atoms. The normalized spacial score (nSPS) is 12.7. The first-order chi connectivity index (χ1) is 9.02. The molecule has 1 aromatic heterocycles. The molecule has 1 aromatic carbocycles. The van der Waals surface area contributed by atoms with E-state index in [0.717, 1.165) is 17.9 Å². The fraction of sp³-hybridized carbons (Fsp3) is 0.385. The standard InChI is InChI=1S/C13H15F2N3S/c1-8(7-19-3)18(2)13-6-16-11-4-9(14)10(15)5-12(11)17-13/h4-6,8H,7H2,1-3H3. The lowest BCUT2D eigenvalue weighted by atomic mass is 10.2. The number of thioether (sulfide) groups is 1. The number of fused-ring (bicyclic) bond motifs is 1. The molecular weight excluding hydrogens is 268 g/mol. The van der Waals surface area contributed by atoms with Crippen molar-refractivity contribution in [3.05, 3.63) is 30.0 Å². The maximum atomic E-state index is 13.2. The molecule has 0 amide bonds. The summed E-state index contributed by atoms with van der Waals surface area (Å²) in [6, 6.07) is 2.42. The van der Waals surface area contributed by atoms with Crippen LogP contribution in [0.15, 0.2) is 18.3 Å². The minimum absolute atomic E-state index is 0.284. The smallest absolute Gasteiger partial charge is 0.161 e. The van der Waals surface area contributed by atoms with Crippen LogP contribution in [0.5, 0.6) is 0 Å². The first-order valence-corrected chi connectivity index (χ1v) is 7.26. The maximum absolute atomic E-state index is 13.2.